The Morgan fingerprint density at radius 3 is 2.39 bits per heavy atom. The van der Waals surface area contributed by atoms with Crippen LogP contribution < -0.4 is 5.32 Å². The van der Waals surface area contributed by atoms with Crippen LogP contribution in [0.15, 0.2) is 0 Å². The Bertz CT molecular complexity index is 308. The standard InChI is InChI=1S/C15H26N2O/c1-2-16-10-7-11-3-4-12(8-10)17(11)14-9-13-5-6-15(14)18-13/h10-16H,2-9H2,1H3. The normalized spacial score (nSPS) is 51.2. The number of piperidine rings is 1. The first-order chi connectivity index (χ1) is 8.85. The van der Waals surface area contributed by atoms with Gasteiger partial charge in [0.05, 0.1) is 12.2 Å². The Morgan fingerprint density at radius 2 is 1.83 bits per heavy atom. The van der Waals surface area contributed by atoms with Gasteiger partial charge < -0.3 is 10.1 Å². The minimum absolute atomic E-state index is 0.578. The first kappa shape index (κ1) is 11.7. The van der Waals surface area contributed by atoms with Crippen molar-refractivity contribution in [3.8, 4) is 0 Å². The number of ether oxygens (including phenoxy) is 1. The van der Waals surface area contributed by atoms with Crippen molar-refractivity contribution >= 4 is 0 Å². The second-order valence-electron chi connectivity index (χ2n) is 6.74. The molecule has 0 aromatic heterocycles. The average molecular weight is 250 g/mol. The van der Waals surface area contributed by atoms with Crippen molar-refractivity contribution < 1.29 is 4.74 Å². The van der Waals surface area contributed by atoms with Gasteiger partial charge in [-0.3, -0.25) is 4.90 Å². The van der Waals surface area contributed by atoms with Gasteiger partial charge in [0.1, 0.15) is 0 Å². The Balaban J connectivity index is 1.47. The van der Waals surface area contributed by atoms with Crippen molar-refractivity contribution in [1.82, 2.24) is 10.2 Å². The van der Waals surface area contributed by atoms with Crippen molar-refractivity contribution in [3.05, 3.63) is 0 Å². The summed E-state index contributed by atoms with van der Waals surface area (Å²) < 4.78 is 6.08. The van der Waals surface area contributed by atoms with Crippen LogP contribution in [0.5, 0.6) is 0 Å². The van der Waals surface area contributed by atoms with E-state index in [9.17, 15) is 0 Å². The molecule has 3 heteroatoms. The second-order valence-corrected chi connectivity index (χ2v) is 6.74. The van der Waals surface area contributed by atoms with Crippen LogP contribution in [0.25, 0.3) is 0 Å². The molecule has 4 heterocycles. The molecule has 0 spiro atoms. The fraction of sp³-hybridized carbons (Fsp3) is 1.00. The van der Waals surface area contributed by atoms with E-state index >= 15 is 0 Å². The summed E-state index contributed by atoms with van der Waals surface area (Å²) >= 11 is 0. The van der Waals surface area contributed by atoms with E-state index in [-0.39, 0.29) is 0 Å². The van der Waals surface area contributed by atoms with Gasteiger partial charge in [-0.15, -0.1) is 0 Å². The van der Waals surface area contributed by atoms with Gasteiger partial charge in [-0.2, -0.15) is 0 Å². The summed E-state index contributed by atoms with van der Waals surface area (Å²) in [6.07, 6.45) is 10.8. The van der Waals surface area contributed by atoms with Gasteiger partial charge >= 0.3 is 0 Å². The van der Waals surface area contributed by atoms with Crippen molar-refractivity contribution in [2.45, 2.75) is 88.2 Å². The summed E-state index contributed by atoms with van der Waals surface area (Å²) in [6, 6.07) is 3.24. The van der Waals surface area contributed by atoms with Gasteiger partial charge in [0.25, 0.3) is 0 Å². The lowest BCUT2D eigenvalue weighted by Crippen LogP contribution is -2.55. The predicted molar refractivity (Wildman–Crippen MR) is 71.6 cm³/mol. The zero-order valence-electron chi connectivity index (χ0n) is 11.5. The number of fused-ring (bicyclic) bond motifs is 4. The molecule has 4 fully saturated rings. The van der Waals surface area contributed by atoms with Crippen LogP contribution >= 0.6 is 0 Å². The molecule has 0 amide bonds. The Labute approximate surface area is 110 Å². The summed E-state index contributed by atoms with van der Waals surface area (Å²) in [6.45, 7) is 3.36. The highest BCUT2D eigenvalue weighted by Crippen LogP contribution is 2.45. The predicted octanol–water partition coefficient (Wildman–Crippen LogP) is 1.91. The summed E-state index contributed by atoms with van der Waals surface area (Å²) in [7, 11) is 0. The Morgan fingerprint density at radius 1 is 1.06 bits per heavy atom. The lowest BCUT2D eigenvalue weighted by atomic mass is 9.89. The minimum Gasteiger partial charge on any atom is -0.373 e. The van der Waals surface area contributed by atoms with Crippen LogP contribution in [0.2, 0.25) is 0 Å². The number of hydrogen-bond acceptors (Lipinski definition) is 3. The maximum absolute atomic E-state index is 6.08. The number of nitrogens with one attached hydrogen (secondary N) is 1. The Kier molecular flexibility index (Phi) is 2.90. The number of nitrogens with zero attached hydrogens (tertiary/aromatic N) is 1. The van der Waals surface area contributed by atoms with Crippen LogP contribution in [0, 0.1) is 0 Å². The first-order valence-corrected chi connectivity index (χ1v) is 8.01. The molecule has 102 valence electrons. The molecule has 3 nitrogen and oxygen atoms in total. The van der Waals surface area contributed by atoms with Crippen molar-refractivity contribution in [3.63, 3.8) is 0 Å². The van der Waals surface area contributed by atoms with Gasteiger partial charge in [-0.25, -0.2) is 0 Å². The molecule has 0 saturated carbocycles. The second kappa shape index (κ2) is 4.46. The van der Waals surface area contributed by atoms with E-state index in [1.807, 2.05) is 0 Å². The largest absolute Gasteiger partial charge is 0.373 e. The molecule has 4 bridgehead atoms. The summed E-state index contributed by atoms with van der Waals surface area (Å²) in [5, 5.41) is 3.67. The maximum atomic E-state index is 6.08. The van der Waals surface area contributed by atoms with Crippen molar-refractivity contribution in [1.29, 1.82) is 0 Å². The van der Waals surface area contributed by atoms with E-state index < -0.39 is 0 Å². The molecule has 4 rings (SSSR count). The molecule has 0 radical (unpaired) electrons. The van der Waals surface area contributed by atoms with Crippen LogP contribution in [0.1, 0.15) is 51.9 Å². The van der Waals surface area contributed by atoms with Crippen molar-refractivity contribution in [2.24, 2.45) is 0 Å². The molecule has 0 aliphatic carbocycles. The minimum atomic E-state index is 0.578. The van der Waals surface area contributed by atoms with Crippen LogP contribution in [0.3, 0.4) is 0 Å². The molecular weight excluding hydrogens is 224 g/mol. The third kappa shape index (κ3) is 1.75. The summed E-state index contributed by atoms with van der Waals surface area (Å²) in [4.78, 5) is 2.89. The molecule has 0 aromatic rings. The quantitative estimate of drug-likeness (QED) is 0.828. The molecule has 5 unspecified atom stereocenters. The third-order valence-electron chi connectivity index (χ3n) is 5.74. The molecule has 5 atom stereocenters. The molecule has 4 saturated heterocycles. The zero-order valence-corrected chi connectivity index (χ0v) is 11.5. The molecule has 1 N–H and O–H groups in total. The SMILES string of the molecule is CCNC1CC2CCC(C1)N2C1CC2CCC1O2. The fourth-order valence-corrected chi connectivity index (χ4v) is 5.13. The first-order valence-electron chi connectivity index (χ1n) is 8.01. The third-order valence-corrected chi connectivity index (χ3v) is 5.74. The van der Waals surface area contributed by atoms with E-state index in [1.165, 1.54) is 44.9 Å². The summed E-state index contributed by atoms with van der Waals surface area (Å²) in [5.41, 5.74) is 0. The van der Waals surface area contributed by atoms with Crippen LogP contribution in [-0.4, -0.2) is 47.8 Å². The van der Waals surface area contributed by atoms with E-state index in [0.717, 1.165) is 30.7 Å². The molecule has 18 heavy (non-hydrogen) atoms. The number of hydrogen-bond donors (Lipinski definition) is 1. The maximum Gasteiger partial charge on any atom is 0.0736 e. The monoisotopic (exact) mass is 250 g/mol. The van der Waals surface area contributed by atoms with Gasteiger partial charge in [0.2, 0.25) is 0 Å². The molecule has 4 aliphatic rings. The Hall–Kier alpha value is -0.120. The van der Waals surface area contributed by atoms with Gasteiger partial charge in [-0.1, -0.05) is 6.92 Å². The van der Waals surface area contributed by atoms with Crippen molar-refractivity contribution in [2.75, 3.05) is 6.54 Å². The van der Waals surface area contributed by atoms with E-state index in [4.69, 9.17) is 4.74 Å². The zero-order chi connectivity index (χ0) is 12.1. The fourth-order valence-electron chi connectivity index (χ4n) is 5.13. The highest BCUT2D eigenvalue weighted by Gasteiger charge is 2.51. The smallest absolute Gasteiger partial charge is 0.0736 e. The van der Waals surface area contributed by atoms with Gasteiger partial charge in [0, 0.05) is 24.2 Å². The number of rotatable bonds is 3. The summed E-state index contributed by atoms with van der Waals surface area (Å²) in [5.74, 6) is 0. The highest BCUT2D eigenvalue weighted by molar-refractivity contribution is 5.05. The molecular formula is C15H26N2O. The van der Waals surface area contributed by atoms with Crippen LogP contribution in [-0.2, 0) is 4.74 Å². The molecule has 4 aliphatic heterocycles. The van der Waals surface area contributed by atoms with Gasteiger partial charge in [0.15, 0.2) is 0 Å². The van der Waals surface area contributed by atoms with E-state index in [1.54, 1.807) is 0 Å². The van der Waals surface area contributed by atoms with Crippen LogP contribution in [0.4, 0.5) is 0 Å². The van der Waals surface area contributed by atoms with E-state index in [2.05, 4.69) is 17.1 Å². The van der Waals surface area contributed by atoms with Gasteiger partial charge in [-0.05, 0) is 51.5 Å². The average Bonchev–Trinajstić information content (AvgIpc) is 3.03. The lowest BCUT2D eigenvalue weighted by Gasteiger charge is -2.44. The highest BCUT2D eigenvalue weighted by atomic mass is 16.5. The topological polar surface area (TPSA) is 24.5 Å². The lowest BCUT2D eigenvalue weighted by molar-refractivity contribution is 0.0240. The van der Waals surface area contributed by atoms with E-state index in [0.29, 0.717) is 12.2 Å². The molecule has 0 aromatic carbocycles.